The smallest absolute Gasteiger partial charge is 0.161 e. The zero-order valence-electron chi connectivity index (χ0n) is 6.82. The van der Waals surface area contributed by atoms with Gasteiger partial charge in [-0.15, -0.1) is 0 Å². The zero-order valence-corrected chi connectivity index (χ0v) is 9.16. The van der Waals surface area contributed by atoms with Crippen LogP contribution in [0.15, 0.2) is 16.6 Å². The lowest BCUT2D eigenvalue weighted by Gasteiger charge is -2.05. The van der Waals surface area contributed by atoms with E-state index in [9.17, 15) is 4.79 Å². The van der Waals surface area contributed by atoms with Gasteiger partial charge in [0.25, 0.3) is 0 Å². The number of Topliss-reactive ketones (excluding diaryl/α,β-unsaturated/α-hetero) is 1. The molecule has 1 aromatic rings. The first kappa shape index (κ1) is 9.75. The second-order valence-corrected chi connectivity index (χ2v) is 3.81. The second kappa shape index (κ2) is 3.58. The van der Waals surface area contributed by atoms with E-state index in [-0.39, 0.29) is 5.78 Å². The first-order chi connectivity index (χ1) is 5.54. The van der Waals surface area contributed by atoms with Crippen LogP contribution in [0.4, 0.5) is 0 Å². The molecule has 0 saturated carbocycles. The highest BCUT2D eigenvalue weighted by atomic mass is 79.9. The summed E-state index contributed by atoms with van der Waals surface area (Å²) in [5.41, 5.74) is 1.61. The average molecular weight is 248 g/mol. The average Bonchev–Trinajstić information content (AvgIpc) is 1.97. The SMILES string of the molecule is CC(=O)c1c(C)ccc(Cl)c1Br. The molecule has 0 atom stereocenters. The van der Waals surface area contributed by atoms with Crippen molar-refractivity contribution in [1.29, 1.82) is 0 Å². The van der Waals surface area contributed by atoms with Crippen LogP contribution < -0.4 is 0 Å². The standard InChI is InChI=1S/C9H8BrClO/c1-5-3-4-7(11)9(10)8(5)6(2)12/h3-4H,1-2H3. The molecule has 0 fully saturated rings. The van der Waals surface area contributed by atoms with Gasteiger partial charge in [0.1, 0.15) is 0 Å². The summed E-state index contributed by atoms with van der Waals surface area (Å²) in [6.07, 6.45) is 0. The molecular weight excluding hydrogens is 239 g/mol. The van der Waals surface area contributed by atoms with Gasteiger partial charge in [-0.05, 0) is 41.4 Å². The van der Waals surface area contributed by atoms with Gasteiger partial charge in [0.05, 0.1) is 5.02 Å². The van der Waals surface area contributed by atoms with E-state index >= 15 is 0 Å². The molecule has 1 nitrogen and oxygen atoms in total. The molecule has 0 radical (unpaired) electrons. The van der Waals surface area contributed by atoms with Gasteiger partial charge in [-0.2, -0.15) is 0 Å². The molecule has 0 aliphatic carbocycles. The molecular formula is C9H8BrClO. The Morgan fingerprint density at radius 1 is 1.50 bits per heavy atom. The number of rotatable bonds is 1. The third kappa shape index (κ3) is 1.70. The number of benzene rings is 1. The van der Waals surface area contributed by atoms with Crippen LogP contribution in [0.2, 0.25) is 5.02 Å². The number of ketones is 1. The van der Waals surface area contributed by atoms with Crippen molar-refractivity contribution in [1.82, 2.24) is 0 Å². The first-order valence-corrected chi connectivity index (χ1v) is 4.66. The number of halogens is 2. The molecule has 0 heterocycles. The summed E-state index contributed by atoms with van der Waals surface area (Å²) in [6.45, 7) is 3.42. The van der Waals surface area contributed by atoms with Gasteiger partial charge in [-0.1, -0.05) is 17.7 Å². The van der Waals surface area contributed by atoms with Gasteiger partial charge < -0.3 is 0 Å². The lowest BCUT2D eigenvalue weighted by Crippen LogP contribution is -1.97. The fourth-order valence-corrected chi connectivity index (χ4v) is 1.96. The topological polar surface area (TPSA) is 17.1 Å². The summed E-state index contributed by atoms with van der Waals surface area (Å²) in [5, 5.41) is 0.575. The van der Waals surface area contributed by atoms with Gasteiger partial charge in [0.15, 0.2) is 5.78 Å². The maximum atomic E-state index is 11.2. The van der Waals surface area contributed by atoms with E-state index in [4.69, 9.17) is 11.6 Å². The van der Waals surface area contributed by atoms with E-state index in [0.717, 1.165) is 5.56 Å². The summed E-state index contributed by atoms with van der Waals surface area (Å²) >= 11 is 9.11. The lowest BCUT2D eigenvalue weighted by atomic mass is 10.1. The van der Waals surface area contributed by atoms with Crippen LogP contribution in [-0.2, 0) is 0 Å². The summed E-state index contributed by atoms with van der Waals surface area (Å²) in [4.78, 5) is 11.2. The van der Waals surface area contributed by atoms with Crippen LogP contribution in [-0.4, -0.2) is 5.78 Å². The predicted molar refractivity (Wildman–Crippen MR) is 53.9 cm³/mol. The largest absolute Gasteiger partial charge is 0.294 e. The molecule has 0 bridgehead atoms. The Labute approximate surface area is 84.9 Å². The van der Waals surface area contributed by atoms with Crippen molar-refractivity contribution in [3.63, 3.8) is 0 Å². The molecule has 0 aliphatic rings. The van der Waals surface area contributed by atoms with Crippen LogP contribution in [0, 0.1) is 6.92 Å². The summed E-state index contributed by atoms with van der Waals surface area (Å²) in [5.74, 6) is 0.0295. The number of carbonyl (C=O) groups excluding carboxylic acids is 1. The summed E-state index contributed by atoms with van der Waals surface area (Å²) in [6, 6.07) is 3.61. The van der Waals surface area contributed by atoms with E-state index < -0.39 is 0 Å². The van der Waals surface area contributed by atoms with Crippen molar-refractivity contribution in [2.24, 2.45) is 0 Å². The highest BCUT2D eigenvalue weighted by molar-refractivity contribution is 9.10. The van der Waals surface area contributed by atoms with Gasteiger partial charge in [0, 0.05) is 10.0 Å². The normalized spacial score (nSPS) is 10.0. The molecule has 1 rings (SSSR count). The first-order valence-electron chi connectivity index (χ1n) is 3.49. The predicted octanol–water partition coefficient (Wildman–Crippen LogP) is 3.61. The maximum absolute atomic E-state index is 11.2. The number of carbonyl (C=O) groups is 1. The molecule has 0 aliphatic heterocycles. The minimum absolute atomic E-state index is 0.0295. The fourth-order valence-electron chi connectivity index (χ4n) is 1.08. The minimum Gasteiger partial charge on any atom is -0.294 e. The summed E-state index contributed by atoms with van der Waals surface area (Å²) in [7, 11) is 0. The van der Waals surface area contributed by atoms with Crippen molar-refractivity contribution in [3.05, 3.63) is 32.8 Å². The Kier molecular flexibility index (Phi) is 2.91. The minimum atomic E-state index is 0.0295. The Hall–Kier alpha value is -0.340. The maximum Gasteiger partial charge on any atom is 0.161 e. The van der Waals surface area contributed by atoms with Crippen LogP contribution in [0.1, 0.15) is 22.8 Å². The van der Waals surface area contributed by atoms with Gasteiger partial charge in [-0.3, -0.25) is 4.79 Å². The van der Waals surface area contributed by atoms with E-state index in [2.05, 4.69) is 15.9 Å². The third-order valence-corrected chi connectivity index (χ3v) is 3.02. The van der Waals surface area contributed by atoms with Crippen molar-refractivity contribution in [2.45, 2.75) is 13.8 Å². The second-order valence-electron chi connectivity index (χ2n) is 2.61. The third-order valence-electron chi connectivity index (χ3n) is 1.66. The Morgan fingerprint density at radius 2 is 2.08 bits per heavy atom. The van der Waals surface area contributed by atoms with Crippen LogP contribution in [0.5, 0.6) is 0 Å². The van der Waals surface area contributed by atoms with Crippen molar-refractivity contribution in [2.75, 3.05) is 0 Å². The summed E-state index contributed by atoms with van der Waals surface area (Å²) < 4.78 is 0.691. The molecule has 0 spiro atoms. The molecule has 0 amide bonds. The Bertz CT molecular complexity index is 334. The molecule has 12 heavy (non-hydrogen) atoms. The Balaban J connectivity index is 3.43. The molecule has 3 heteroatoms. The number of hydrogen-bond acceptors (Lipinski definition) is 1. The molecule has 64 valence electrons. The van der Waals surface area contributed by atoms with E-state index in [0.29, 0.717) is 15.1 Å². The van der Waals surface area contributed by atoms with E-state index in [1.807, 2.05) is 13.0 Å². The van der Waals surface area contributed by atoms with Crippen LogP contribution in [0.25, 0.3) is 0 Å². The number of aryl methyl sites for hydroxylation is 1. The van der Waals surface area contributed by atoms with Crippen molar-refractivity contribution >= 4 is 33.3 Å². The lowest BCUT2D eigenvalue weighted by molar-refractivity contribution is 0.101. The monoisotopic (exact) mass is 246 g/mol. The Morgan fingerprint density at radius 3 is 2.50 bits per heavy atom. The van der Waals surface area contributed by atoms with Crippen LogP contribution in [0.3, 0.4) is 0 Å². The molecule has 0 unspecified atom stereocenters. The van der Waals surface area contributed by atoms with Crippen molar-refractivity contribution in [3.8, 4) is 0 Å². The van der Waals surface area contributed by atoms with Gasteiger partial charge in [-0.25, -0.2) is 0 Å². The fraction of sp³-hybridized carbons (Fsp3) is 0.222. The highest BCUT2D eigenvalue weighted by Crippen LogP contribution is 2.28. The number of hydrogen-bond donors (Lipinski definition) is 0. The quantitative estimate of drug-likeness (QED) is 0.693. The van der Waals surface area contributed by atoms with Crippen molar-refractivity contribution < 1.29 is 4.79 Å². The highest BCUT2D eigenvalue weighted by Gasteiger charge is 2.10. The van der Waals surface area contributed by atoms with E-state index in [1.165, 1.54) is 6.92 Å². The van der Waals surface area contributed by atoms with Gasteiger partial charge >= 0.3 is 0 Å². The van der Waals surface area contributed by atoms with E-state index in [1.54, 1.807) is 6.07 Å². The molecule has 1 aromatic carbocycles. The van der Waals surface area contributed by atoms with Gasteiger partial charge in [0.2, 0.25) is 0 Å². The zero-order chi connectivity index (χ0) is 9.30. The van der Waals surface area contributed by atoms with Crippen LogP contribution >= 0.6 is 27.5 Å². The molecule has 0 N–H and O–H groups in total. The molecule has 0 aromatic heterocycles. The molecule has 0 saturated heterocycles.